The summed E-state index contributed by atoms with van der Waals surface area (Å²) in [6.45, 7) is 12.4. The molecule has 0 aromatic heterocycles. The van der Waals surface area contributed by atoms with E-state index in [1.54, 1.807) is 0 Å². The second-order valence-corrected chi connectivity index (χ2v) is 8.17. The van der Waals surface area contributed by atoms with Gasteiger partial charge in [0.25, 0.3) is 0 Å². The first-order valence-corrected chi connectivity index (χ1v) is 9.64. The Hall–Kier alpha value is -1.48. The Bertz CT molecular complexity index is 647. The molecule has 2 unspecified atom stereocenters. The third-order valence-corrected chi connectivity index (χ3v) is 5.81. The van der Waals surface area contributed by atoms with Crippen LogP contribution in [0.1, 0.15) is 65.9 Å². The maximum absolute atomic E-state index is 5.93. The molecule has 0 radical (unpaired) electrons. The molecule has 2 aliphatic rings. The number of epoxide rings is 1. The van der Waals surface area contributed by atoms with Gasteiger partial charge in [-0.25, -0.2) is 0 Å². The number of rotatable bonds is 8. The third kappa shape index (κ3) is 4.03. The summed E-state index contributed by atoms with van der Waals surface area (Å²) in [7, 11) is 0. The lowest BCUT2D eigenvalue weighted by Gasteiger charge is -2.15. The van der Waals surface area contributed by atoms with E-state index >= 15 is 0 Å². The summed E-state index contributed by atoms with van der Waals surface area (Å²) in [5.74, 6) is 1.85. The Morgan fingerprint density at radius 3 is 2.76 bits per heavy atom. The summed E-state index contributed by atoms with van der Waals surface area (Å²) in [4.78, 5) is 0. The fraction of sp³-hybridized carbons (Fsp3) is 0.636. The molecule has 25 heavy (non-hydrogen) atoms. The zero-order valence-corrected chi connectivity index (χ0v) is 16.4. The Labute approximate surface area is 152 Å². The molecule has 1 aromatic carbocycles. The molecule has 0 N–H and O–H groups in total. The van der Waals surface area contributed by atoms with Crippen LogP contribution in [0.2, 0.25) is 0 Å². The average Bonchev–Trinajstić information content (AvgIpc) is 3.16. The minimum Gasteiger partial charge on any atom is -0.492 e. The average molecular weight is 344 g/mol. The van der Waals surface area contributed by atoms with Gasteiger partial charge in [0.2, 0.25) is 0 Å². The molecule has 0 bridgehead atoms. The van der Waals surface area contributed by atoms with Crippen LogP contribution in [-0.4, -0.2) is 24.9 Å². The minimum atomic E-state index is 0.0982. The number of fused-ring (bicyclic) bond motifs is 1. The lowest BCUT2D eigenvalue weighted by atomic mass is 9.87. The van der Waals surface area contributed by atoms with Crippen LogP contribution in [0, 0.1) is 0 Å². The zero-order valence-electron chi connectivity index (χ0n) is 16.4. The predicted molar refractivity (Wildman–Crippen MR) is 102 cm³/mol. The van der Waals surface area contributed by atoms with E-state index in [1.165, 1.54) is 11.1 Å². The van der Waals surface area contributed by atoms with Crippen molar-refractivity contribution >= 4 is 0 Å². The first-order chi connectivity index (χ1) is 11.9. The van der Waals surface area contributed by atoms with Gasteiger partial charge in [0.15, 0.2) is 0 Å². The molecule has 0 amide bonds. The number of hydrogen-bond acceptors (Lipinski definition) is 3. The van der Waals surface area contributed by atoms with Crippen molar-refractivity contribution in [1.82, 2.24) is 0 Å². The van der Waals surface area contributed by atoms with Crippen LogP contribution in [0.25, 0.3) is 0 Å². The monoisotopic (exact) mass is 344 g/mol. The maximum Gasteiger partial charge on any atom is 0.126 e. The largest absolute Gasteiger partial charge is 0.492 e. The summed E-state index contributed by atoms with van der Waals surface area (Å²) < 4.78 is 17.5. The SMILES string of the molecule is CC/C(=C\COc1ccc2c(c1)OCC2(C)C)CCC1OC1(C)CC. The van der Waals surface area contributed by atoms with Gasteiger partial charge in [0.1, 0.15) is 18.1 Å². The minimum absolute atomic E-state index is 0.0982. The van der Waals surface area contributed by atoms with Crippen molar-refractivity contribution in [3.8, 4) is 11.5 Å². The van der Waals surface area contributed by atoms with Crippen LogP contribution in [0.4, 0.5) is 0 Å². The predicted octanol–water partition coefficient (Wildman–Crippen LogP) is 5.42. The van der Waals surface area contributed by atoms with Gasteiger partial charge in [0.05, 0.1) is 18.3 Å². The molecular formula is C22H32O3. The van der Waals surface area contributed by atoms with Gasteiger partial charge in [-0.2, -0.15) is 0 Å². The van der Waals surface area contributed by atoms with Crippen molar-refractivity contribution in [2.45, 2.75) is 77.4 Å². The van der Waals surface area contributed by atoms with E-state index in [1.807, 2.05) is 6.07 Å². The number of hydrogen-bond donors (Lipinski definition) is 0. The molecule has 3 nitrogen and oxygen atoms in total. The topological polar surface area (TPSA) is 31.0 Å². The highest BCUT2D eigenvalue weighted by atomic mass is 16.6. The van der Waals surface area contributed by atoms with Crippen molar-refractivity contribution < 1.29 is 14.2 Å². The summed E-state index contributed by atoms with van der Waals surface area (Å²) in [6, 6.07) is 6.21. The maximum atomic E-state index is 5.93. The highest BCUT2D eigenvalue weighted by Gasteiger charge is 2.49. The second-order valence-electron chi connectivity index (χ2n) is 8.17. The molecule has 3 heteroatoms. The van der Waals surface area contributed by atoms with Crippen LogP contribution in [0.3, 0.4) is 0 Å². The molecular weight excluding hydrogens is 312 g/mol. The normalized spacial score (nSPS) is 26.9. The fourth-order valence-electron chi connectivity index (χ4n) is 3.57. The lowest BCUT2D eigenvalue weighted by molar-refractivity contribution is 0.289. The molecule has 1 aromatic rings. The molecule has 0 aliphatic carbocycles. The van der Waals surface area contributed by atoms with Gasteiger partial charge in [0, 0.05) is 17.0 Å². The smallest absolute Gasteiger partial charge is 0.126 e. The van der Waals surface area contributed by atoms with Gasteiger partial charge < -0.3 is 14.2 Å². The van der Waals surface area contributed by atoms with E-state index in [-0.39, 0.29) is 11.0 Å². The summed E-state index contributed by atoms with van der Waals surface area (Å²) in [5.41, 5.74) is 2.95. The van der Waals surface area contributed by atoms with E-state index in [0.29, 0.717) is 12.7 Å². The highest BCUT2D eigenvalue weighted by Crippen LogP contribution is 2.42. The van der Waals surface area contributed by atoms with Crippen LogP contribution < -0.4 is 9.47 Å². The van der Waals surface area contributed by atoms with E-state index in [4.69, 9.17) is 14.2 Å². The van der Waals surface area contributed by atoms with Crippen molar-refractivity contribution in [2.24, 2.45) is 0 Å². The molecule has 1 saturated heterocycles. The van der Waals surface area contributed by atoms with E-state index in [0.717, 1.165) is 43.8 Å². The quantitative estimate of drug-likeness (QED) is 0.466. The van der Waals surface area contributed by atoms with Crippen molar-refractivity contribution in [2.75, 3.05) is 13.2 Å². The second kappa shape index (κ2) is 7.03. The Balaban J connectivity index is 1.50. The molecule has 0 spiro atoms. The highest BCUT2D eigenvalue weighted by molar-refractivity contribution is 5.47. The first kappa shape index (κ1) is 18.3. The molecule has 138 valence electrons. The van der Waals surface area contributed by atoms with Crippen molar-refractivity contribution in [3.05, 3.63) is 35.4 Å². The molecule has 3 rings (SSSR count). The third-order valence-electron chi connectivity index (χ3n) is 5.81. The van der Waals surface area contributed by atoms with Crippen LogP contribution in [0.15, 0.2) is 29.8 Å². The molecule has 1 fully saturated rings. The van der Waals surface area contributed by atoms with Crippen LogP contribution in [-0.2, 0) is 10.2 Å². The van der Waals surface area contributed by atoms with Crippen molar-refractivity contribution in [3.63, 3.8) is 0 Å². The van der Waals surface area contributed by atoms with Crippen LogP contribution >= 0.6 is 0 Å². The standard InChI is InChI=1S/C22H32O3/c1-6-16(8-11-20-22(5,7-2)25-20)12-13-23-17-9-10-18-19(14-17)24-15-21(18,3)4/h9-10,12,14,20H,6-8,11,13,15H2,1-5H3/b16-12+. The Kier molecular flexibility index (Phi) is 5.15. The van der Waals surface area contributed by atoms with Gasteiger partial charge in [-0.15, -0.1) is 0 Å². The van der Waals surface area contributed by atoms with Crippen LogP contribution in [0.5, 0.6) is 11.5 Å². The summed E-state index contributed by atoms with van der Waals surface area (Å²) in [6.07, 6.45) is 7.05. The molecule has 2 atom stereocenters. The Morgan fingerprint density at radius 2 is 2.08 bits per heavy atom. The van der Waals surface area contributed by atoms with E-state index < -0.39 is 0 Å². The van der Waals surface area contributed by atoms with Gasteiger partial charge in [-0.1, -0.05) is 39.3 Å². The van der Waals surface area contributed by atoms with Crippen molar-refractivity contribution in [1.29, 1.82) is 0 Å². The summed E-state index contributed by atoms with van der Waals surface area (Å²) in [5, 5.41) is 0. The Morgan fingerprint density at radius 1 is 1.28 bits per heavy atom. The number of ether oxygens (including phenoxy) is 3. The van der Waals surface area contributed by atoms with Gasteiger partial charge >= 0.3 is 0 Å². The number of benzene rings is 1. The fourth-order valence-corrected chi connectivity index (χ4v) is 3.57. The lowest BCUT2D eigenvalue weighted by Crippen LogP contribution is -2.18. The summed E-state index contributed by atoms with van der Waals surface area (Å²) >= 11 is 0. The van der Waals surface area contributed by atoms with E-state index in [2.05, 4.69) is 52.8 Å². The zero-order chi connectivity index (χ0) is 18.1. The van der Waals surface area contributed by atoms with E-state index in [9.17, 15) is 0 Å². The molecule has 2 aliphatic heterocycles. The molecule has 0 saturated carbocycles. The van der Waals surface area contributed by atoms with Gasteiger partial charge in [-0.3, -0.25) is 0 Å². The molecule has 2 heterocycles. The van der Waals surface area contributed by atoms with Gasteiger partial charge in [-0.05, 0) is 44.7 Å². The first-order valence-electron chi connectivity index (χ1n) is 9.64. The number of allylic oxidation sites excluding steroid dienone is 1.